The maximum Gasteiger partial charge on any atom is 0.319 e. The average molecular weight is 756 g/mol. The molecule has 2 aromatic carbocycles. The van der Waals surface area contributed by atoms with Gasteiger partial charge in [-0.25, -0.2) is 0 Å². The minimum atomic E-state index is -2.60. The zero-order chi connectivity index (χ0) is 33.9. The molecule has 259 valence electrons. The van der Waals surface area contributed by atoms with Crippen molar-refractivity contribution < 1.29 is 65.5 Å². The molecule has 0 spiro atoms. The summed E-state index contributed by atoms with van der Waals surface area (Å²) in [7, 11) is -2.60. The van der Waals surface area contributed by atoms with E-state index in [2.05, 4.69) is 116 Å². The minimum Gasteiger partial charge on any atom is -0.394 e. The monoisotopic (exact) mass is 755 g/mol. The summed E-state index contributed by atoms with van der Waals surface area (Å²) >= 11 is 0. The van der Waals surface area contributed by atoms with E-state index in [1.165, 1.54) is 33.9 Å². The topological polar surface area (TPSA) is 100 Å². The summed E-state index contributed by atoms with van der Waals surface area (Å²) in [6.45, 7) is 14.2. The number of nitrogens with zero attached hydrogens (tertiary/aromatic N) is 2. The smallest absolute Gasteiger partial charge is 0.319 e. The first-order valence-electron chi connectivity index (χ1n) is 16.9. The van der Waals surface area contributed by atoms with Crippen molar-refractivity contribution >= 4 is 31.2 Å². The van der Waals surface area contributed by atoms with Crippen LogP contribution in [0.1, 0.15) is 71.4 Å². The molecule has 11 heteroatoms. The second kappa shape index (κ2) is 19.4. The Kier molecular flexibility index (Phi) is 16.4. The second-order valence-electron chi connectivity index (χ2n) is 12.9. The van der Waals surface area contributed by atoms with Crippen LogP contribution in [0.3, 0.4) is 0 Å². The van der Waals surface area contributed by atoms with Gasteiger partial charge in [-0.2, -0.15) is 4.58 Å². The minimum absolute atomic E-state index is 0. The molecule has 0 saturated heterocycles. The summed E-state index contributed by atoms with van der Waals surface area (Å²) in [4.78, 5) is 14.8. The first-order chi connectivity index (χ1) is 22.6. The number of hydrogen-bond donors (Lipinski definition) is 2. The van der Waals surface area contributed by atoms with Crippen LogP contribution in [0.25, 0.3) is 0 Å². The van der Waals surface area contributed by atoms with E-state index in [0.717, 1.165) is 32.4 Å². The third-order valence-corrected chi connectivity index (χ3v) is 9.92. The molecule has 1 unspecified atom stereocenters. The first-order valence-corrected chi connectivity index (χ1v) is 18.1. The fourth-order valence-corrected chi connectivity index (χ4v) is 7.23. The number of unbranched alkanes of at least 4 members (excludes halogenated alkanes) is 2. The molecule has 1 radical (unpaired) electrons. The SMILES string of the molecule is CCN1/C(=C/C=C/C2=[N+](CCCCCC(=O)NCCOCCO[PH](=O)OCCO)c3ccccc3C2(C)C)C(C)(C)c2ccccc21.[Y]. The van der Waals surface area contributed by atoms with Crippen LogP contribution in [0, 0.1) is 0 Å². The van der Waals surface area contributed by atoms with Crippen molar-refractivity contribution in [3.63, 3.8) is 0 Å². The van der Waals surface area contributed by atoms with Gasteiger partial charge in [0.25, 0.3) is 0 Å². The molecular formula is C37H53N3O6PY+. The van der Waals surface area contributed by atoms with Gasteiger partial charge in [0.15, 0.2) is 5.71 Å². The largest absolute Gasteiger partial charge is 0.394 e. The molecule has 2 N–H and O–H groups in total. The third kappa shape index (κ3) is 10.1. The van der Waals surface area contributed by atoms with Crippen LogP contribution < -0.4 is 10.2 Å². The van der Waals surface area contributed by atoms with Gasteiger partial charge in [-0.1, -0.05) is 56.3 Å². The van der Waals surface area contributed by atoms with E-state index in [4.69, 9.17) is 18.9 Å². The number of nitrogens with one attached hydrogen (secondary N) is 1. The molecule has 0 aliphatic carbocycles. The number of likely N-dealkylation sites (N-methyl/N-ethyl adjacent to an activating group) is 1. The zero-order valence-corrected chi connectivity index (χ0v) is 33.1. The van der Waals surface area contributed by atoms with Crippen LogP contribution in [0.2, 0.25) is 0 Å². The molecule has 4 rings (SSSR count). The molecule has 9 nitrogen and oxygen atoms in total. The maximum absolute atomic E-state index is 12.3. The second-order valence-corrected chi connectivity index (χ2v) is 14.0. The van der Waals surface area contributed by atoms with E-state index < -0.39 is 8.25 Å². The van der Waals surface area contributed by atoms with Gasteiger partial charge in [0.2, 0.25) is 11.6 Å². The van der Waals surface area contributed by atoms with Crippen molar-refractivity contribution in [1.29, 1.82) is 0 Å². The Morgan fingerprint density at radius 1 is 0.938 bits per heavy atom. The molecule has 0 fully saturated rings. The van der Waals surface area contributed by atoms with E-state index in [0.29, 0.717) is 19.6 Å². The number of rotatable bonds is 19. The van der Waals surface area contributed by atoms with Crippen LogP contribution in [-0.2, 0) is 66.7 Å². The summed E-state index contributed by atoms with van der Waals surface area (Å²) in [5.41, 5.74) is 7.70. The van der Waals surface area contributed by atoms with Crippen LogP contribution >= 0.6 is 8.25 Å². The van der Waals surface area contributed by atoms with Gasteiger partial charge >= 0.3 is 8.25 Å². The molecule has 0 bridgehead atoms. The number of carbonyl (C=O) groups excluding carboxylic acids is 1. The van der Waals surface area contributed by atoms with Crippen molar-refractivity contribution in [1.82, 2.24) is 5.32 Å². The van der Waals surface area contributed by atoms with E-state index in [9.17, 15) is 9.36 Å². The Hall–Kier alpha value is -1.97. The van der Waals surface area contributed by atoms with Gasteiger partial charge in [0, 0.05) is 93.1 Å². The summed E-state index contributed by atoms with van der Waals surface area (Å²) in [5, 5.41) is 11.5. The fraction of sp³-hybridized carbons (Fsp3) is 0.514. The number of aliphatic hydroxyl groups excluding tert-OH is 1. The number of anilines is 1. The van der Waals surface area contributed by atoms with E-state index in [1.54, 1.807) is 0 Å². The number of aliphatic hydroxyl groups is 1. The number of ether oxygens (including phenoxy) is 1. The molecule has 0 aromatic heterocycles. The van der Waals surface area contributed by atoms with E-state index in [-0.39, 0.29) is 75.9 Å². The number of amides is 1. The zero-order valence-electron chi connectivity index (χ0n) is 29.3. The van der Waals surface area contributed by atoms with E-state index >= 15 is 0 Å². The Labute approximate surface area is 312 Å². The fourth-order valence-electron chi connectivity index (χ4n) is 6.63. The van der Waals surface area contributed by atoms with Gasteiger partial charge in [-0.05, 0) is 51.3 Å². The van der Waals surface area contributed by atoms with Gasteiger partial charge < -0.3 is 29.1 Å². The van der Waals surface area contributed by atoms with Crippen molar-refractivity contribution in [3.8, 4) is 0 Å². The summed E-state index contributed by atoms with van der Waals surface area (Å²) in [6.07, 6.45) is 10.1. The van der Waals surface area contributed by atoms with Crippen molar-refractivity contribution in [3.05, 3.63) is 83.6 Å². The standard InChI is InChI=1S/C37H52N3O6P.Y/c1-6-39-31-17-11-9-15-29(31)36(2,3)33(39)19-14-20-34-37(4,5)30-16-10-12-18-32(30)40(34)23-13-7-8-21-35(42)38-22-25-44-27-28-46-47(43)45-26-24-41;/h9-12,14-20,41,47H,6-8,13,21-28H2,1-5H3;/p+1. The number of para-hydroxylation sites is 2. The molecule has 0 saturated carbocycles. The molecule has 2 aliphatic heterocycles. The number of fused-ring (bicyclic) bond motifs is 2. The van der Waals surface area contributed by atoms with E-state index in [1.807, 2.05) is 0 Å². The van der Waals surface area contributed by atoms with Gasteiger partial charge in [0.1, 0.15) is 6.54 Å². The Morgan fingerprint density at radius 3 is 2.40 bits per heavy atom. The Bertz CT molecular complexity index is 1490. The molecule has 1 amide bonds. The van der Waals surface area contributed by atoms with Crippen LogP contribution in [0.5, 0.6) is 0 Å². The number of hydrogen-bond acceptors (Lipinski definition) is 7. The average Bonchev–Trinajstić information content (AvgIpc) is 3.41. The molecule has 2 aliphatic rings. The first kappa shape index (κ1) is 40.5. The Morgan fingerprint density at radius 2 is 1.65 bits per heavy atom. The van der Waals surface area contributed by atoms with Gasteiger partial charge in [-0.3, -0.25) is 9.36 Å². The molecule has 2 aromatic rings. The van der Waals surface area contributed by atoms with Crippen molar-refractivity contribution in [2.75, 3.05) is 57.6 Å². The summed E-state index contributed by atoms with van der Waals surface area (Å²) in [6, 6.07) is 17.4. The Balaban J connectivity index is 0.00000625. The maximum atomic E-state index is 12.3. The predicted molar refractivity (Wildman–Crippen MR) is 189 cm³/mol. The number of benzene rings is 2. The molecule has 2 heterocycles. The van der Waals surface area contributed by atoms with Gasteiger partial charge in [0.05, 0.1) is 38.4 Å². The van der Waals surface area contributed by atoms with Gasteiger partial charge in [-0.15, -0.1) is 0 Å². The van der Waals surface area contributed by atoms with Crippen molar-refractivity contribution in [2.24, 2.45) is 0 Å². The normalized spacial score (nSPS) is 17.5. The third-order valence-electron chi connectivity index (χ3n) is 9.04. The predicted octanol–water partition coefficient (Wildman–Crippen LogP) is 6.43. The van der Waals surface area contributed by atoms with Crippen LogP contribution in [-0.4, -0.2) is 74.0 Å². The van der Waals surface area contributed by atoms with Crippen LogP contribution in [0.4, 0.5) is 11.4 Å². The number of carbonyl (C=O) groups is 1. The quantitative estimate of drug-likeness (QED) is 0.0970. The summed E-state index contributed by atoms with van der Waals surface area (Å²) in [5.74, 6) is 0.0151. The van der Waals surface area contributed by atoms with Crippen molar-refractivity contribution in [2.45, 2.75) is 71.1 Å². The number of allylic oxidation sites excluding steroid dienone is 4. The summed E-state index contributed by atoms with van der Waals surface area (Å²) < 4.78 is 29.0. The molecule has 48 heavy (non-hydrogen) atoms. The van der Waals surface area contributed by atoms with Crippen LogP contribution in [0.15, 0.2) is 72.5 Å². The molecule has 1 atom stereocenters. The molecular weight excluding hydrogens is 702 g/mol.